The lowest BCUT2D eigenvalue weighted by atomic mass is 10.2. The molecule has 0 spiro atoms. The van der Waals surface area contributed by atoms with Crippen molar-refractivity contribution in [2.45, 2.75) is 13.2 Å². The molecule has 0 unspecified atom stereocenters. The number of hydrogen-bond acceptors (Lipinski definition) is 4. The third kappa shape index (κ3) is 2.33. The van der Waals surface area contributed by atoms with Crippen LogP contribution in [0.2, 0.25) is 0 Å². The van der Waals surface area contributed by atoms with E-state index < -0.39 is 0 Å². The van der Waals surface area contributed by atoms with Gasteiger partial charge in [-0.1, -0.05) is 17.3 Å². The molecule has 2 heterocycles. The first-order valence-electron chi connectivity index (χ1n) is 6.09. The Labute approximate surface area is 114 Å². The lowest BCUT2D eigenvalue weighted by Crippen LogP contribution is -2.04. The van der Waals surface area contributed by atoms with E-state index in [-0.39, 0.29) is 12.4 Å². The highest BCUT2D eigenvalue weighted by Gasteiger charge is 2.16. The van der Waals surface area contributed by atoms with Crippen LogP contribution in [0.1, 0.15) is 11.3 Å². The van der Waals surface area contributed by atoms with Gasteiger partial charge in [0.2, 0.25) is 0 Å². The van der Waals surface area contributed by atoms with E-state index in [2.05, 4.69) is 10.3 Å². The first-order chi connectivity index (χ1) is 9.78. The van der Waals surface area contributed by atoms with Gasteiger partial charge in [-0.2, -0.15) is 0 Å². The summed E-state index contributed by atoms with van der Waals surface area (Å²) in [6, 6.07) is 9.77. The molecule has 2 aromatic heterocycles. The van der Waals surface area contributed by atoms with Crippen molar-refractivity contribution in [1.82, 2.24) is 15.0 Å². The number of nitrogens with zero attached hydrogens (tertiary/aromatic N) is 3. The molecule has 0 atom stereocenters. The summed E-state index contributed by atoms with van der Waals surface area (Å²) < 4.78 is 20.1. The molecule has 1 aromatic carbocycles. The van der Waals surface area contributed by atoms with Gasteiger partial charge in [0.1, 0.15) is 17.2 Å². The second kappa shape index (κ2) is 5.26. The predicted molar refractivity (Wildman–Crippen MR) is 69.1 cm³/mol. The van der Waals surface area contributed by atoms with E-state index in [0.717, 1.165) is 5.56 Å². The monoisotopic (exact) mass is 273 g/mol. The molecule has 5 nitrogen and oxygen atoms in total. The molecular formula is C14H12FN3O2. The fourth-order valence-corrected chi connectivity index (χ4v) is 2.06. The van der Waals surface area contributed by atoms with Crippen LogP contribution in [0.3, 0.4) is 0 Å². The molecular weight excluding hydrogens is 261 g/mol. The molecule has 0 aliphatic rings. The van der Waals surface area contributed by atoms with E-state index >= 15 is 0 Å². The van der Waals surface area contributed by atoms with Crippen molar-refractivity contribution in [3.63, 3.8) is 0 Å². The van der Waals surface area contributed by atoms with Crippen molar-refractivity contribution in [2.75, 3.05) is 0 Å². The van der Waals surface area contributed by atoms with Gasteiger partial charge < -0.3 is 9.52 Å². The molecule has 0 saturated carbocycles. The van der Waals surface area contributed by atoms with Crippen molar-refractivity contribution in [1.29, 1.82) is 0 Å². The average molecular weight is 273 g/mol. The number of hydrogen-bond donors (Lipinski definition) is 1. The van der Waals surface area contributed by atoms with Gasteiger partial charge in [-0.25, -0.2) is 9.07 Å². The SMILES string of the molecule is OCc1nnn(Cc2cccc(F)c2)c1-c1ccco1. The van der Waals surface area contributed by atoms with Gasteiger partial charge in [0.05, 0.1) is 19.4 Å². The van der Waals surface area contributed by atoms with Gasteiger partial charge in [-0.3, -0.25) is 0 Å². The lowest BCUT2D eigenvalue weighted by Gasteiger charge is -2.05. The zero-order valence-electron chi connectivity index (χ0n) is 10.5. The molecule has 20 heavy (non-hydrogen) atoms. The number of furan rings is 1. The Morgan fingerprint density at radius 1 is 1.25 bits per heavy atom. The molecule has 102 valence electrons. The van der Waals surface area contributed by atoms with E-state index in [1.165, 1.54) is 18.4 Å². The van der Waals surface area contributed by atoms with Crippen LogP contribution in [0.4, 0.5) is 4.39 Å². The normalized spacial score (nSPS) is 10.9. The Balaban J connectivity index is 2.00. The highest BCUT2D eigenvalue weighted by atomic mass is 19.1. The summed E-state index contributed by atoms with van der Waals surface area (Å²) in [5.41, 5.74) is 1.78. The second-order valence-corrected chi connectivity index (χ2v) is 4.31. The van der Waals surface area contributed by atoms with E-state index in [1.807, 2.05) is 0 Å². The molecule has 0 bridgehead atoms. The third-order valence-electron chi connectivity index (χ3n) is 2.93. The fourth-order valence-electron chi connectivity index (χ4n) is 2.06. The number of aromatic nitrogens is 3. The predicted octanol–water partition coefficient (Wildman–Crippen LogP) is 2.22. The Hall–Kier alpha value is -2.47. The number of benzene rings is 1. The van der Waals surface area contributed by atoms with Gasteiger partial charge >= 0.3 is 0 Å². The zero-order chi connectivity index (χ0) is 13.9. The molecule has 0 aliphatic heterocycles. The number of halogens is 1. The smallest absolute Gasteiger partial charge is 0.153 e. The van der Waals surface area contributed by atoms with Crippen LogP contribution in [0.25, 0.3) is 11.5 Å². The van der Waals surface area contributed by atoms with Crippen molar-refractivity contribution in [2.24, 2.45) is 0 Å². The summed E-state index contributed by atoms with van der Waals surface area (Å²) in [5, 5.41) is 17.2. The molecule has 0 amide bonds. The molecule has 3 rings (SSSR count). The Morgan fingerprint density at radius 2 is 2.15 bits per heavy atom. The summed E-state index contributed by atoms with van der Waals surface area (Å²) >= 11 is 0. The number of aliphatic hydroxyl groups is 1. The summed E-state index contributed by atoms with van der Waals surface area (Å²) in [5.74, 6) is 0.264. The van der Waals surface area contributed by atoms with Crippen molar-refractivity contribution < 1.29 is 13.9 Å². The van der Waals surface area contributed by atoms with Crippen molar-refractivity contribution in [3.05, 3.63) is 59.7 Å². The van der Waals surface area contributed by atoms with E-state index in [1.54, 1.807) is 28.9 Å². The Kier molecular flexibility index (Phi) is 3.30. The Morgan fingerprint density at radius 3 is 2.85 bits per heavy atom. The van der Waals surface area contributed by atoms with Gasteiger partial charge in [-0.05, 0) is 29.8 Å². The first kappa shape index (κ1) is 12.6. The van der Waals surface area contributed by atoms with Gasteiger partial charge in [0, 0.05) is 0 Å². The van der Waals surface area contributed by atoms with E-state index in [9.17, 15) is 9.50 Å². The highest BCUT2D eigenvalue weighted by Crippen LogP contribution is 2.23. The Bertz CT molecular complexity index is 707. The minimum atomic E-state index is -0.301. The topological polar surface area (TPSA) is 64.1 Å². The third-order valence-corrected chi connectivity index (χ3v) is 2.93. The molecule has 0 fully saturated rings. The maximum absolute atomic E-state index is 13.2. The van der Waals surface area contributed by atoms with Crippen LogP contribution >= 0.6 is 0 Å². The minimum Gasteiger partial charge on any atom is -0.463 e. The molecule has 1 N–H and O–H groups in total. The summed E-state index contributed by atoms with van der Waals surface area (Å²) in [7, 11) is 0. The first-order valence-corrected chi connectivity index (χ1v) is 6.09. The zero-order valence-corrected chi connectivity index (χ0v) is 10.5. The number of rotatable bonds is 4. The molecule has 3 aromatic rings. The van der Waals surface area contributed by atoms with Crippen LogP contribution < -0.4 is 0 Å². The molecule has 0 aliphatic carbocycles. The summed E-state index contributed by atoms with van der Waals surface area (Å²) in [6.07, 6.45) is 1.54. The summed E-state index contributed by atoms with van der Waals surface area (Å²) in [6.45, 7) is 0.111. The van der Waals surface area contributed by atoms with Crippen LogP contribution in [-0.4, -0.2) is 20.1 Å². The summed E-state index contributed by atoms with van der Waals surface area (Å²) in [4.78, 5) is 0. The van der Waals surface area contributed by atoms with Gasteiger partial charge in [0.15, 0.2) is 5.76 Å². The quantitative estimate of drug-likeness (QED) is 0.791. The second-order valence-electron chi connectivity index (χ2n) is 4.31. The maximum Gasteiger partial charge on any atom is 0.153 e. The minimum absolute atomic E-state index is 0.237. The van der Waals surface area contributed by atoms with Crippen molar-refractivity contribution in [3.8, 4) is 11.5 Å². The molecule has 0 saturated heterocycles. The van der Waals surface area contributed by atoms with Crippen LogP contribution in [0.15, 0.2) is 47.1 Å². The van der Waals surface area contributed by atoms with Crippen molar-refractivity contribution >= 4 is 0 Å². The maximum atomic E-state index is 13.2. The van der Waals surface area contributed by atoms with Gasteiger partial charge in [0.25, 0.3) is 0 Å². The van der Waals surface area contributed by atoms with Gasteiger partial charge in [-0.15, -0.1) is 5.10 Å². The van der Waals surface area contributed by atoms with Crippen LogP contribution in [-0.2, 0) is 13.2 Å². The fraction of sp³-hybridized carbons (Fsp3) is 0.143. The standard InChI is InChI=1S/C14H12FN3O2/c15-11-4-1-3-10(7-11)8-18-14(12(9-19)16-17-18)13-5-2-6-20-13/h1-7,19H,8-9H2. The largest absolute Gasteiger partial charge is 0.463 e. The average Bonchev–Trinajstić information content (AvgIpc) is 3.07. The number of aliphatic hydroxyl groups excluding tert-OH is 1. The highest BCUT2D eigenvalue weighted by molar-refractivity contribution is 5.55. The van der Waals surface area contributed by atoms with Crippen LogP contribution in [0, 0.1) is 5.82 Å². The van der Waals surface area contributed by atoms with Crippen LogP contribution in [0.5, 0.6) is 0 Å². The molecule has 6 heteroatoms. The molecule has 0 radical (unpaired) electrons. The van der Waals surface area contributed by atoms with E-state index in [0.29, 0.717) is 23.7 Å². The lowest BCUT2D eigenvalue weighted by molar-refractivity contribution is 0.277. The van der Waals surface area contributed by atoms with E-state index in [4.69, 9.17) is 4.42 Å².